The minimum atomic E-state index is -1.09. The summed E-state index contributed by atoms with van der Waals surface area (Å²) in [5.74, 6) is -0.507. The summed E-state index contributed by atoms with van der Waals surface area (Å²) in [7, 11) is 0. The number of aromatic amines is 1. The number of H-pyrrole nitrogens is 1. The summed E-state index contributed by atoms with van der Waals surface area (Å²) < 4.78 is 1.36. The Morgan fingerprint density at radius 2 is 1.68 bits per heavy atom. The van der Waals surface area contributed by atoms with E-state index in [9.17, 15) is 9.90 Å². The van der Waals surface area contributed by atoms with Crippen molar-refractivity contribution in [3.05, 3.63) is 99.3 Å². The second-order valence-corrected chi connectivity index (χ2v) is 9.29. The molecule has 3 aromatic carbocycles. The number of nitrogens with one attached hydrogen (secondary N) is 1. The van der Waals surface area contributed by atoms with E-state index in [0.717, 1.165) is 28.7 Å². The van der Waals surface area contributed by atoms with E-state index in [1.165, 1.54) is 4.68 Å². The molecule has 0 bridgehead atoms. The lowest BCUT2D eigenvalue weighted by Crippen LogP contribution is -2.11. The van der Waals surface area contributed by atoms with Crippen LogP contribution in [0.15, 0.2) is 66.7 Å². The Morgan fingerprint density at radius 1 is 0.973 bits per heavy atom. The zero-order valence-corrected chi connectivity index (χ0v) is 21.3. The molecule has 0 fully saturated rings. The zero-order chi connectivity index (χ0) is 25.9. The van der Waals surface area contributed by atoms with E-state index in [1.807, 2.05) is 55.5 Å². The van der Waals surface area contributed by atoms with Gasteiger partial charge in [-0.3, -0.25) is 0 Å². The van der Waals surface area contributed by atoms with Crippen LogP contribution in [0.5, 0.6) is 0 Å². The molecular weight excluding hydrogens is 511 g/mol. The third-order valence-corrected chi connectivity index (χ3v) is 6.69. The number of benzene rings is 3. The Morgan fingerprint density at radius 3 is 2.30 bits per heavy atom. The summed E-state index contributed by atoms with van der Waals surface area (Å²) in [5.41, 5.74) is 5.58. The quantitative estimate of drug-likeness (QED) is 0.243. The summed E-state index contributed by atoms with van der Waals surface area (Å²) in [6, 6.07) is 20.9. The van der Waals surface area contributed by atoms with Crippen LogP contribution in [-0.4, -0.2) is 41.5 Å². The van der Waals surface area contributed by atoms with Crippen molar-refractivity contribution in [1.82, 2.24) is 30.4 Å². The third-order valence-electron chi connectivity index (χ3n) is 6.08. The number of carboxylic acid groups (broad SMARTS) is 1. The van der Waals surface area contributed by atoms with Gasteiger partial charge in [-0.2, -0.15) is 5.10 Å². The van der Waals surface area contributed by atoms with Crippen molar-refractivity contribution in [1.29, 1.82) is 0 Å². The standard InChI is InChI=1S/C27H22Cl2N6O2/c1-2-6-23-20(24(27(36)37)35(32-23)25-21(28)9-5-10-22(25)29)15-16-11-13-17(14-12-16)18-7-3-4-8-19(18)26-30-33-34-31-26/h3-5,7-14H,2,6,15H2,1H3,(H,36,37)(H,30,31,33,34). The summed E-state index contributed by atoms with van der Waals surface area (Å²) in [6.45, 7) is 2.03. The van der Waals surface area contributed by atoms with Gasteiger partial charge in [0.25, 0.3) is 0 Å². The molecule has 0 aliphatic rings. The SMILES string of the molecule is CCCc1nn(-c2c(Cl)cccc2Cl)c(C(=O)O)c1Cc1ccc(-c2ccccc2-c2nnn[nH]2)cc1. The topological polar surface area (TPSA) is 110 Å². The van der Waals surface area contributed by atoms with Crippen LogP contribution in [0.1, 0.15) is 40.7 Å². The van der Waals surface area contributed by atoms with Crippen LogP contribution < -0.4 is 0 Å². The van der Waals surface area contributed by atoms with Crippen molar-refractivity contribution in [2.45, 2.75) is 26.2 Å². The molecule has 0 saturated heterocycles. The van der Waals surface area contributed by atoms with Gasteiger partial charge in [-0.05, 0) is 45.7 Å². The molecule has 5 aromatic rings. The Hall–Kier alpha value is -4.01. The number of carboxylic acids is 1. The summed E-state index contributed by atoms with van der Waals surface area (Å²) in [6.07, 6.45) is 1.83. The summed E-state index contributed by atoms with van der Waals surface area (Å²) in [4.78, 5) is 12.5. The van der Waals surface area contributed by atoms with E-state index in [2.05, 4.69) is 25.7 Å². The van der Waals surface area contributed by atoms with Gasteiger partial charge in [0.1, 0.15) is 5.69 Å². The van der Waals surface area contributed by atoms with E-state index >= 15 is 0 Å². The molecular formula is C27H22Cl2N6O2. The van der Waals surface area contributed by atoms with Crippen LogP contribution in [0.2, 0.25) is 10.0 Å². The Labute approximate surface area is 222 Å². The number of halogens is 2. The largest absolute Gasteiger partial charge is 0.476 e. The van der Waals surface area contributed by atoms with E-state index in [-0.39, 0.29) is 5.69 Å². The van der Waals surface area contributed by atoms with Crippen molar-refractivity contribution < 1.29 is 9.90 Å². The second kappa shape index (κ2) is 10.5. The van der Waals surface area contributed by atoms with Crippen LogP contribution in [0.3, 0.4) is 0 Å². The van der Waals surface area contributed by atoms with E-state index < -0.39 is 5.97 Å². The van der Waals surface area contributed by atoms with Crippen LogP contribution in [-0.2, 0) is 12.8 Å². The molecule has 0 unspecified atom stereocenters. The minimum absolute atomic E-state index is 0.0608. The highest BCUT2D eigenvalue weighted by Crippen LogP contribution is 2.33. The average Bonchev–Trinajstić information content (AvgIpc) is 3.54. The number of hydrogen-bond acceptors (Lipinski definition) is 5. The number of hydrogen-bond donors (Lipinski definition) is 2. The summed E-state index contributed by atoms with van der Waals surface area (Å²) >= 11 is 12.8. The maximum absolute atomic E-state index is 12.5. The maximum Gasteiger partial charge on any atom is 0.354 e. The lowest BCUT2D eigenvalue weighted by atomic mass is 9.96. The molecule has 0 spiro atoms. The molecule has 10 heteroatoms. The number of carbonyl (C=O) groups is 1. The van der Waals surface area contributed by atoms with E-state index in [4.69, 9.17) is 23.2 Å². The molecule has 2 heterocycles. The molecule has 0 radical (unpaired) electrons. The van der Waals surface area contributed by atoms with Gasteiger partial charge in [0.15, 0.2) is 11.5 Å². The van der Waals surface area contributed by atoms with Gasteiger partial charge in [-0.1, -0.05) is 91.1 Å². The molecule has 0 amide bonds. The van der Waals surface area contributed by atoms with Gasteiger partial charge in [0.2, 0.25) is 0 Å². The highest BCUT2D eigenvalue weighted by molar-refractivity contribution is 6.37. The molecule has 37 heavy (non-hydrogen) atoms. The first-order chi connectivity index (χ1) is 18.0. The van der Waals surface area contributed by atoms with Crippen LogP contribution in [0.4, 0.5) is 0 Å². The van der Waals surface area contributed by atoms with Crippen molar-refractivity contribution in [3.8, 4) is 28.2 Å². The van der Waals surface area contributed by atoms with Gasteiger partial charge >= 0.3 is 5.97 Å². The molecule has 0 aliphatic heterocycles. The molecule has 186 valence electrons. The monoisotopic (exact) mass is 532 g/mol. The van der Waals surface area contributed by atoms with Crippen molar-refractivity contribution in [2.24, 2.45) is 0 Å². The highest BCUT2D eigenvalue weighted by atomic mass is 35.5. The predicted molar refractivity (Wildman–Crippen MR) is 142 cm³/mol. The normalized spacial score (nSPS) is 11.1. The average molecular weight is 533 g/mol. The minimum Gasteiger partial charge on any atom is -0.476 e. The molecule has 8 nitrogen and oxygen atoms in total. The van der Waals surface area contributed by atoms with E-state index in [0.29, 0.717) is 45.7 Å². The molecule has 2 N–H and O–H groups in total. The van der Waals surface area contributed by atoms with Gasteiger partial charge in [0, 0.05) is 17.5 Å². The van der Waals surface area contributed by atoms with Gasteiger partial charge in [-0.15, -0.1) is 5.10 Å². The summed E-state index contributed by atoms with van der Waals surface area (Å²) in [5, 5.41) is 29.7. The van der Waals surface area contributed by atoms with Crippen LogP contribution >= 0.6 is 23.2 Å². The predicted octanol–water partition coefficient (Wildman–Crippen LogP) is 6.27. The number of para-hydroxylation sites is 1. The highest BCUT2D eigenvalue weighted by Gasteiger charge is 2.26. The molecule has 0 saturated carbocycles. The fraction of sp³-hybridized carbons (Fsp3) is 0.148. The van der Waals surface area contributed by atoms with Gasteiger partial charge < -0.3 is 5.11 Å². The third kappa shape index (κ3) is 4.85. The van der Waals surface area contributed by atoms with Crippen LogP contribution in [0.25, 0.3) is 28.2 Å². The molecule has 0 aliphatic carbocycles. The van der Waals surface area contributed by atoms with Crippen molar-refractivity contribution in [2.75, 3.05) is 0 Å². The number of aryl methyl sites for hydroxylation is 1. The maximum atomic E-state index is 12.5. The Bertz CT molecular complexity index is 1540. The molecule has 5 rings (SSSR count). The fourth-order valence-electron chi connectivity index (χ4n) is 4.41. The van der Waals surface area contributed by atoms with Gasteiger partial charge in [0.05, 0.1) is 15.7 Å². The lowest BCUT2D eigenvalue weighted by molar-refractivity contribution is 0.0686. The molecule has 0 atom stereocenters. The lowest BCUT2D eigenvalue weighted by Gasteiger charge is -2.10. The fourth-order valence-corrected chi connectivity index (χ4v) is 4.97. The van der Waals surface area contributed by atoms with E-state index in [1.54, 1.807) is 18.2 Å². The Kier molecular flexibility index (Phi) is 7.03. The number of rotatable bonds is 8. The molecule has 2 aromatic heterocycles. The smallest absolute Gasteiger partial charge is 0.354 e. The number of aromatic carboxylic acids is 1. The first-order valence-electron chi connectivity index (χ1n) is 11.7. The number of tetrazole rings is 1. The zero-order valence-electron chi connectivity index (χ0n) is 19.8. The number of aromatic nitrogens is 6. The van der Waals surface area contributed by atoms with Crippen LogP contribution in [0, 0.1) is 0 Å². The Balaban J connectivity index is 1.54. The van der Waals surface area contributed by atoms with Crippen molar-refractivity contribution in [3.63, 3.8) is 0 Å². The first kappa shape index (κ1) is 24.7. The number of nitrogens with zero attached hydrogens (tertiary/aromatic N) is 5. The van der Waals surface area contributed by atoms with Crippen molar-refractivity contribution >= 4 is 29.2 Å². The first-order valence-corrected chi connectivity index (χ1v) is 12.4. The van der Waals surface area contributed by atoms with Gasteiger partial charge in [-0.25, -0.2) is 14.6 Å². The second-order valence-electron chi connectivity index (χ2n) is 8.48.